The van der Waals surface area contributed by atoms with E-state index in [1.165, 1.54) is 12.1 Å². The molecule has 0 aliphatic carbocycles. The maximum absolute atomic E-state index is 13.5. The quantitative estimate of drug-likeness (QED) is 0.320. The normalized spacial score (nSPS) is 14.6. The number of nitro groups is 1. The van der Waals surface area contributed by atoms with E-state index in [9.17, 15) is 23.6 Å². The van der Waals surface area contributed by atoms with Crippen molar-refractivity contribution >= 4 is 15.7 Å². The highest BCUT2D eigenvalue weighted by molar-refractivity contribution is 7.89. The zero-order chi connectivity index (χ0) is 25.0. The third-order valence-corrected chi connectivity index (χ3v) is 7.51. The number of ether oxygens (including phenoxy) is 2. The van der Waals surface area contributed by atoms with Gasteiger partial charge in [0.25, 0.3) is 5.69 Å². The minimum absolute atomic E-state index is 0.0783. The average molecular weight is 500 g/mol. The Hall–Kier alpha value is -3.51. The van der Waals surface area contributed by atoms with Gasteiger partial charge in [-0.15, -0.1) is 0 Å². The molecule has 4 rings (SSSR count). The summed E-state index contributed by atoms with van der Waals surface area (Å²) in [6.45, 7) is -0.274. The Morgan fingerprint density at radius 1 is 1.00 bits per heavy atom. The highest BCUT2D eigenvalue weighted by atomic mass is 32.2. The molecule has 0 radical (unpaired) electrons. The first-order chi connectivity index (χ1) is 16.7. The summed E-state index contributed by atoms with van der Waals surface area (Å²) in [6.07, 6.45) is -0.811. The SMILES string of the molecule is N[C@@H](Cc1ccccc1)[C@H](O)CN(Cc1ccc2c(c1)OCO2)S(=O)(=O)c1ccc([N+](=O)[O-])cc1. The summed E-state index contributed by atoms with van der Waals surface area (Å²) in [5, 5.41) is 21.8. The summed E-state index contributed by atoms with van der Waals surface area (Å²) in [7, 11) is -4.13. The number of nitro benzene ring substituents is 1. The van der Waals surface area contributed by atoms with E-state index in [2.05, 4.69) is 0 Å². The molecule has 1 aliphatic heterocycles. The molecule has 0 saturated carbocycles. The van der Waals surface area contributed by atoms with Gasteiger partial charge in [0.1, 0.15) is 0 Å². The van der Waals surface area contributed by atoms with E-state index >= 15 is 0 Å². The van der Waals surface area contributed by atoms with Crippen LogP contribution in [0.5, 0.6) is 11.5 Å². The first kappa shape index (κ1) is 24.6. The summed E-state index contributed by atoms with van der Waals surface area (Å²) in [6, 6.07) is 18.3. The molecule has 0 spiro atoms. The Morgan fingerprint density at radius 2 is 1.69 bits per heavy atom. The minimum atomic E-state index is -4.13. The van der Waals surface area contributed by atoms with Crippen molar-refractivity contribution in [3.63, 3.8) is 0 Å². The molecule has 0 bridgehead atoms. The predicted octanol–water partition coefficient (Wildman–Crippen LogP) is 2.45. The van der Waals surface area contributed by atoms with Gasteiger partial charge in [-0.05, 0) is 41.8 Å². The third-order valence-electron chi connectivity index (χ3n) is 5.68. The average Bonchev–Trinajstić information content (AvgIpc) is 3.32. The molecular weight excluding hydrogens is 474 g/mol. The largest absolute Gasteiger partial charge is 0.454 e. The molecular formula is C24H25N3O7S. The number of fused-ring (bicyclic) bond motifs is 1. The molecule has 184 valence electrons. The van der Waals surface area contributed by atoms with Crippen LogP contribution in [-0.2, 0) is 23.0 Å². The molecule has 35 heavy (non-hydrogen) atoms. The predicted molar refractivity (Wildman–Crippen MR) is 127 cm³/mol. The van der Waals surface area contributed by atoms with Gasteiger partial charge in [-0.2, -0.15) is 4.31 Å². The number of hydrogen-bond donors (Lipinski definition) is 2. The Labute approximate surface area is 202 Å². The smallest absolute Gasteiger partial charge is 0.269 e. The van der Waals surface area contributed by atoms with Crippen molar-refractivity contribution in [2.45, 2.75) is 30.0 Å². The Balaban J connectivity index is 1.59. The number of nitrogens with two attached hydrogens (primary N) is 1. The van der Waals surface area contributed by atoms with Crippen molar-refractivity contribution in [3.05, 3.63) is 94.0 Å². The van der Waals surface area contributed by atoms with Crippen LogP contribution in [0.15, 0.2) is 77.7 Å². The Kier molecular flexibility index (Phi) is 7.31. The Morgan fingerprint density at radius 3 is 2.37 bits per heavy atom. The van der Waals surface area contributed by atoms with Crippen molar-refractivity contribution in [2.24, 2.45) is 5.73 Å². The van der Waals surface area contributed by atoms with Gasteiger partial charge >= 0.3 is 0 Å². The second-order valence-corrected chi connectivity index (χ2v) is 10.1. The van der Waals surface area contributed by atoms with Crippen LogP contribution >= 0.6 is 0 Å². The van der Waals surface area contributed by atoms with Crippen molar-refractivity contribution in [1.29, 1.82) is 0 Å². The van der Waals surface area contributed by atoms with Crippen LogP contribution in [0.1, 0.15) is 11.1 Å². The molecule has 10 nitrogen and oxygen atoms in total. The first-order valence-electron chi connectivity index (χ1n) is 10.8. The van der Waals surface area contributed by atoms with E-state index in [0.29, 0.717) is 23.5 Å². The molecule has 0 saturated heterocycles. The fourth-order valence-corrected chi connectivity index (χ4v) is 5.19. The molecule has 3 aromatic carbocycles. The van der Waals surface area contributed by atoms with E-state index in [0.717, 1.165) is 22.0 Å². The van der Waals surface area contributed by atoms with Crippen LogP contribution < -0.4 is 15.2 Å². The van der Waals surface area contributed by atoms with Gasteiger partial charge in [-0.1, -0.05) is 36.4 Å². The van der Waals surface area contributed by atoms with Gasteiger partial charge in [0.2, 0.25) is 16.8 Å². The number of aliphatic hydroxyl groups is 1. The highest BCUT2D eigenvalue weighted by Crippen LogP contribution is 2.33. The van der Waals surface area contributed by atoms with Crippen molar-refractivity contribution < 1.29 is 27.9 Å². The van der Waals surface area contributed by atoms with Gasteiger partial charge in [0.15, 0.2) is 11.5 Å². The van der Waals surface area contributed by atoms with Crippen LogP contribution in [-0.4, -0.2) is 48.2 Å². The van der Waals surface area contributed by atoms with Gasteiger partial charge in [-0.25, -0.2) is 8.42 Å². The van der Waals surface area contributed by atoms with E-state index in [1.807, 2.05) is 30.3 Å². The number of benzene rings is 3. The summed E-state index contributed by atoms with van der Waals surface area (Å²) < 4.78 is 38.8. The second kappa shape index (κ2) is 10.4. The molecule has 2 atom stereocenters. The van der Waals surface area contributed by atoms with Crippen LogP contribution in [0, 0.1) is 10.1 Å². The van der Waals surface area contributed by atoms with E-state index in [1.54, 1.807) is 18.2 Å². The summed E-state index contributed by atoms with van der Waals surface area (Å²) in [4.78, 5) is 10.2. The summed E-state index contributed by atoms with van der Waals surface area (Å²) in [5.74, 6) is 1.06. The zero-order valence-corrected chi connectivity index (χ0v) is 19.5. The van der Waals surface area contributed by atoms with Crippen molar-refractivity contribution in [2.75, 3.05) is 13.3 Å². The van der Waals surface area contributed by atoms with Crippen LogP contribution in [0.25, 0.3) is 0 Å². The second-order valence-electron chi connectivity index (χ2n) is 8.16. The van der Waals surface area contributed by atoms with E-state index < -0.39 is 27.1 Å². The van der Waals surface area contributed by atoms with Crippen LogP contribution in [0.3, 0.4) is 0 Å². The zero-order valence-electron chi connectivity index (χ0n) is 18.7. The number of nitrogens with zero attached hydrogens (tertiary/aromatic N) is 2. The van der Waals surface area contributed by atoms with Gasteiger partial charge < -0.3 is 20.3 Å². The first-order valence-corrected chi connectivity index (χ1v) is 12.3. The standard InChI is InChI=1S/C24H25N3O7S/c25-21(12-17-4-2-1-3-5-17)22(28)15-26(14-18-6-11-23-24(13-18)34-16-33-23)35(31,32)20-9-7-19(8-10-20)27(29)30/h1-11,13,21-22,28H,12,14-16,25H2/t21-,22+/m0/s1. The topological polar surface area (TPSA) is 145 Å². The molecule has 1 heterocycles. The number of sulfonamides is 1. The monoisotopic (exact) mass is 499 g/mol. The summed E-state index contributed by atoms with van der Waals surface area (Å²) in [5.41, 5.74) is 7.52. The van der Waals surface area contributed by atoms with Crippen molar-refractivity contribution in [1.82, 2.24) is 4.31 Å². The number of non-ortho nitro benzene ring substituents is 1. The van der Waals surface area contributed by atoms with E-state index in [4.69, 9.17) is 15.2 Å². The molecule has 11 heteroatoms. The van der Waals surface area contributed by atoms with Crippen molar-refractivity contribution in [3.8, 4) is 11.5 Å². The van der Waals surface area contributed by atoms with Crippen LogP contribution in [0.2, 0.25) is 0 Å². The molecule has 0 amide bonds. The maximum Gasteiger partial charge on any atom is 0.269 e. The fourth-order valence-electron chi connectivity index (χ4n) is 3.75. The maximum atomic E-state index is 13.5. The summed E-state index contributed by atoms with van der Waals surface area (Å²) >= 11 is 0. The third kappa shape index (κ3) is 5.77. The van der Waals surface area contributed by atoms with Crippen LogP contribution in [0.4, 0.5) is 5.69 Å². The highest BCUT2D eigenvalue weighted by Gasteiger charge is 2.30. The lowest BCUT2D eigenvalue weighted by atomic mass is 10.0. The lowest BCUT2D eigenvalue weighted by Gasteiger charge is -2.27. The number of hydrogen-bond acceptors (Lipinski definition) is 8. The number of rotatable bonds is 10. The lowest BCUT2D eigenvalue weighted by Crippen LogP contribution is -2.46. The molecule has 1 aliphatic rings. The number of aliphatic hydroxyl groups excluding tert-OH is 1. The molecule has 3 N–H and O–H groups in total. The lowest BCUT2D eigenvalue weighted by molar-refractivity contribution is -0.384. The van der Waals surface area contributed by atoms with Gasteiger partial charge in [-0.3, -0.25) is 10.1 Å². The van der Waals surface area contributed by atoms with Gasteiger partial charge in [0, 0.05) is 31.3 Å². The van der Waals surface area contributed by atoms with Gasteiger partial charge in [0.05, 0.1) is 15.9 Å². The Bertz CT molecular complexity index is 1280. The molecule has 0 unspecified atom stereocenters. The molecule has 3 aromatic rings. The minimum Gasteiger partial charge on any atom is -0.454 e. The molecule has 0 aromatic heterocycles. The molecule has 0 fully saturated rings. The fraction of sp³-hybridized carbons (Fsp3) is 0.250. The van der Waals surface area contributed by atoms with E-state index in [-0.39, 0.29) is 30.5 Å².